The van der Waals surface area contributed by atoms with Gasteiger partial charge in [0.05, 0.1) is 6.42 Å². The van der Waals surface area contributed by atoms with Crippen LogP contribution in [0.4, 0.5) is 13.2 Å². The Morgan fingerprint density at radius 2 is 2.00 bits per heavy atom. The third-order valence-electron chi connectivity index (χ3n) is 1.73. The SMILES string of the molecule is NC(CC(F)(F)F)c1cccc(I)c1. The lowest BCUT2D eigenvalue weighted by atomic mass is 10.1. The zero-order valence-corrected chi connectivity index (χ0v) is 9.34. The minimum absolute atomic E-state index is 0.522. The summed E-state index contributed by atoms with van der Waals surface area (Å²) in [6, 6.07) is 5.82. The first-order chi connectivity index (χ1) is 6.38. The molecular formula is C9H9F3IN. The van der Waals surface area contributed by atoms with Crippen LogP contribution in [0.3, 0.4) is 0 Å². The summed E-state index contributed by atoms with van der Waals surface area (Å²) in [5.74, 6) is 0. The lowest BCUT2D eigenvalue weighted by molar-refractivity contribution is -0.138. The van der Waals surface area contributed by atoms with Gasteiger partial charge in [-0.2, -0.15) is 13.2 Å². The summed E-state index contributed by atoms with van der Waals surface area (Å²) in [4.78, 5) is 0. The van der Waals surface area contributed by atoms with Crippen LogP contribution in [-0.2, 0) is 0 Å². The van der Waals surface area contributed by atoms with E-state index >= 15 is 0 Å². The van der Waals surface area contributed by atoms with Crippen LogP contribution in [0.1, 0.15) is 18.0 Å². The van der Waals surface area contributed by atoms with E-state index in [4.69, 9.17) is 5.73 Å². The van der Waals surface area contributed by atoms with Gasteiger partial charge in [-0.05, 0) is 40.3 Å². The fourth-order valence-corrected chi connectivity index (χ4v) is 1.67. The van der Waals surface area contributed by atoms with Crippen molar-refractivity contribution >= 4 is 22.6 Å². The molecule has 1 aromatic carbocycles. The Kier molecular flexibility index (Phi) is 3.77. The lowest BCUT2D eigenvalue weighted by Gasteiger charge is -2.14. The maximum atomic E-state index is 12.0. The van der Waals surface area contributed by atoms with Crippen LogP contribution >= 0.6 is 22.6 Å². The van der Waals surface area contributed by atoms with Gasteiger partial charge in [-0.3, -0.25) is 0 Å². The third kappa shape index (κ3) is 3.83. The van der Waals surface area contributed by atoms with E-state index in [1.807, 2.05) is 28.7 Å². The minimum atomic E-state index is -4.21. The van der Waals surface area contributed by atoms with Gasteiger partial charge in [0.2, 0.25) is 0 Å². The molecule has 0 saturated carbocycles. The highest BCUT2D eigenvalue weighted by Crippen LogP contribution is 2.28. The molecule has 78 valence electrons. The van der Waals surface area contributed by atoms with Gasteiger partial charge in [0, 0.05) is 9.61 Å². The summed E-state index contributed by atoms with van der Waals surface area (Å²) in [7, 11) is 0. The van der Waals surface area contributed by atoms with Gasteiger partial charge in [-0.1, -0.05) is 12.1 Å². The minimum Gasteiger partial charge on any atom is -0.324 e. The molecule has 0 bridgehead atoms. The summed E-state index contributed by atoms with van der Waals surface area (Å²) >= 11 is 2.04. The average molecular weight is 315 g/mol. The van der Waals surface area contributed by atoms with Crippen LogP contribution in [0, 0.1) is 3.57 Å². The van der Waals surface area contributed by atoms with Crippen molar-refractivity contribution < 1.29 is 13.2 Å². The second-order valence-corrected chi connectivity index (χ2v) is 4.23. The summed E-state index contributed by atoms with van der Waals surface area (Å²) in [6.45, 7) is 0. The highest BCUT2D eigenvalue weighted by Gasteiger charge is 2.30. The molecule has 1 aromatic rings. The lowest BCUT2D eigenvalue weighted by Crippen LogP contribution is -2.20. The molecule has 0 radical (unpaired) electrons. The Morgan fingerprint density at radius 1 is 1.36 bits per heavy atom. The van der Waals surface area contributed by atoms with Gasteiger partial charge in [-0.15, -0.1) is 0 Å². The Morgan fingerprint density at radius 3 is 2.50 bits per heavy atom. The smallest absolute Gasteiger partial charge is 0.324 e. The van der Waals surface area contributed by atoms with E-state index in [0.717, 1.165) is 3.57 Å². The van der Waals surface area contributed by atoms with Crippen LogP contribution in [-0.4, -0.2) is 6.18 Å². The second-order valence-electron chi connectivity index (χ2n) is 2.98. The molecule has 0 aliphatic carbocycles. The molecule has 2 N–H and O–H groups in total. The number of benzene rings is 1. The number of alkyl halides is 3. The van der Waals surface area contributed by atoms with Crippen LogP contribution < -0.4 is 5.73 Å². The fraction of sp³-hybridized carbons (Fsp3) is 0.333. The molecule has 1 unspecified atom stereocenters. The zero-order valence-electron chi connectivity index (χ0n) is 7.18. The highest BCUT2D eigenvalue weighted by molar-refractivity contribution is 14.1. The van der Waals surface area contributed by atoms with Crippen LogP contribution in [0.25, 0.3) is 0 Å². The van der Waals surface area contributed by atoms with E-state index in [1.54, 1.807) is 18.2 Å². The van der Waals surface area contributed by atoms with Crippen molar-refractivity contribution in [2.75, 3.05) is 0 Å². The first kappa shape index (κ1) is 11.8. The number of rotatable bonds is 2. The van der Waals surface area contributed by atoms with Crippen molar-refractivity contribution in [3.63, 3.8) is 0 Å². The molecule has 1 rings (SSSR count). The van der Waals surface area contributed by atoms with Crippen molar-refractivity contribution in [3.05, 3.63) is 33.4 Å². The average Bonchev–Trinajstić information content (AvgIpc) is 2.01. The predicted octanol–water partition coefficient (Wildman–Crippen LogP) is 3.24. The Hall–Kier alpha value is -0.300. The summed E-state index contributed by atoms with van der Waals surface area (Å²) < 4.78 is 36.9. The molecule has 0 heterocycles. The number of nitrogens with two attached hydrogens (primary N) is 1. The first-order valence-corrected chi connectivity index (χ1v) is 5.04. The van der Waals surface area contributed by atoms with Gasteiger partial charge in [0.15, 0.2) is 0 Å². The van der Waals surface area contributed by atoms with Crippen molar-refractivity contribution in [2.45, 2.75) is 18.6 Å². The molecule has 0 saturated heterocycles. The third-order valence-corrected chi connectivity index (χ3v) is 2.40. The van der Waals surface area contributed by atoms with Crippen molar-refractivity contribution in [3.8, 4) is 0 Å². The van der Waals surface area contributed by atoms with Gasteiger partial charge in [0.1, 0.15) is 0 Å². The molecule has 1 nitrogen and oxygen atoms in total. The highest BCUT2D eigenvalue weighted by atomic mass is 127. The molecule has 0 aliphatic heterocycles. The first-order valence-electron chi connectivity index (χ1n) is 3.96. The van der Waals surface area contributed by atoms with Crippen molar-refractivity contribution in [2.24, 2.45) is 5.73 Å². The molecule has 5 heteroatoms. The molecule has 0 aromatic heterocycles. The molecule has 0 amide bonds. The number of hydrogen-bond donors (Lipinski definition) is 1. The predicted molar refractivity (Wildman–Crippen MR) is 56.8 cm³/mol. The van der Waals surface area contributed by atoms with E-state index < -0.39 is 18.6 Å². The molecule has 1 atom stereocenters. The van der Waals surface area contributed by atoms with Gasteiger partial charge in [0.25, 0.3) is 0 Å². The Bertz CT molecular complexity index is 311. The quantitative estimate of drug-likeness (QED) is 0.833. The maximum Gasteiger partial charge on any atom is 0.390 e. The number of halogens is 4. The molecule has 0 aliphatic rings. The molecule has 0 fully saturated rings. The molecule has 14 heavy (non-hydrogen) atoms. The summed E-state index contributed by atoms with van der Waals surface area (Å²) in [6.07, 6.45) is -5.19. The maximum absolute atomic E-state index is 12.0. The molecular weight excluding hydrogens is 306 g/mol. The summed E-state index contributed by atoms with van der Waals surface area (Å²) in [5, 5.41) is 0. The molecule has 0 spiro atoms. The van der Waals surface area contributed by atoms with E-state index in [0.29, 0.717) is 5.56 Å². The summed E-state index contributed by atoms with van der Waals surface area (Å²) in [5.41, 5.74) is 5.95. The van der Waals surface area contributed by atoms with E-state index in [2.05, 4.69) is 0 Å². The van der Waals surface area contributed by atoms with E-state index in [9.17, 15) is 13.2 Å². The van der Waals surface area contributed by atoms with E-state index in [-0.39, 0.29) is 0 Å². The second kappa shape index (κ2) is 4.48. The normalized spacial score (nSPS) is 14.1. The van der Waals surface area contributed by atoms with Gasteiger partial charge >= 0.3 is 6.18 Å². The Balaban J connectivity index is 2.74. The topological polar surface area (TPSA) is 26.0 Å². The standard InChI is InChI=1S/C9H9F3IN/c10-9(11,12)5-8(14)6-2-1-3-7(13)4-6/h1-4,8H,5,14H2. The van der Waals surface area contributed by atoms with Gasteiger partial charge < -0.3 is 5.73 Å². The zero-order chi connectivity index (χ0) is 10.8. The Labute approximate surface area is 93.6 Å². The van der Waals surface area contributed by atoms with Crippen molar-refractivity contribution in [1.29, 1.82) is 0 Å². The van der Waals surface area contributed by atoms with Crippen LogP contribution in [0.5, 0.6) is 0 Å². The van der Waals surface area contributed by atoms with E-state index in [1.165, 1.54) is 0 Å². The van der Waals surface area contributed by atoms with Crippen molar-refractivity contribution in [1.82, 2.24) is 0 Å². The van der Waals surface area contributed by atoms with Gasteiger partial charge in [-0.25, -0.2) is 0 Å². The fourth-order valence-electron chi connectivity index (χ4n) is 1.10. The van der Waals surface area contributed by atoms with Crippen LogP contribution in [0.2, 0.25) is 0 Å². The van der Waals surface area contributed by atoms with Crippen LogP contribution in [0.15, 0.2) is 24.3 Å². The monoisotopic (exact) mass is 315 g/mol. The number of hydrogen-bond acceptors (Lipinski definition) is 1. The largest absolute Gasteiger partial charge is 0.390 e.